The number of anilines is 1. The number of nitro groups is 1. The van der Waals surface area contributed by atoms with Gasteiger partial charge >= 0.3 is 0 Å². The molecule has 0 aliphatic rings. The Morgan fingerprint density at radius 2 is 2.05 bits per heavy atom. The molecule has 0 unspecified atom stereocenters. The largest absolute Gasteiger partial charge is 0.270 e. The van der Waals surface area contributed by atoms with Crippen LogP contribution in [0, 0.1) is 10.1 Å². The van der Waals surface area contributed by atoms with Crippen molar-refractivity contribution in [3.8, 4) is 0 Å². The van der Waals surface area contributed by atoms with Crippen LogP contribution in [0.25, 0.3) is 0 Å². The van der Waals surface area contributed by atoms with Gasteiger partial charge in [-0.25, -0.2) is 18.1 Å². The van der Waals surface area contributed by atoms with Crippen LogP contribution in [0.3, 0.4) is 0 Å². The van der Waals surface area contributed by atoms with Crippen LogP contribution in [-0.2, 0) is 10.0 Å². The molecule has 0 amide bonds. The Hall–Kier alpha value is -2.33. The Labute approximate surface area is 117 Å². The summed E-state index contributed by atoms with van der Waals surface area (Å²) in [5.74, 6) is -0.268. The number of hydrogen-bond donors (Lipinski definition) is 1. The lowest BCUT2D eigenvalue weighted by molar-refractivity contribution is -0.385. The minimum atomic E-state index is -4.15. The fourth-order valence-electron chi connectivity index (χ4n) is 1.28. The average molecular weight is 316 g/mol. The monoisotopic (exact) mass is 315 g/mol. The molecule has 0 aliphatic carbocycles. The van der Waals surface area contributed by atoms with Crippen molar-refractivity contribution in [1.82, 2.24) is 15.2 Å². The van der Waals surface area contributed by atoms with E-state index in [1.54, 1.807) is 0 Å². The lowest BCUT2D eigenvalue weighted by Crippen LogP contribution is -2.16. The zero-order chi connectivity index (χ0) is 14.8. The number of sulfonamides is 1. The fourth-order valence-corrected chi connectivity index (χ4v) is 2.75. The maximum absolute atomic E-state index is 12.1. The second kappa shape index (κ2) is 5.35. The van der Waals surface area contributed by atoms with Gasteiger partial charge in [0, 0.05) is 12.1 Å². The first-order valence-corrected chi connectivity index (χ1v) is 6.87. The second-order valence-corrected chi connectivity index (χ2v) is 5.50. The van der Waals surface area contributed by atoms with Crippen molar-refractivity contribution >= 4 is 33.3 Å². The van der Waals surface area contributed by atoms with Gasteiger partial charge in [-0.15, -0.1) is 5.10 Å². The minimum absolute atomic E-state index is 0.160. The third-order valence-electron chi connectivity index (χ3n) is 2.12. The number of hydrogen-bond acceptors (Lipinski definition) is 7. The number of halogens is 1. The van der Waals surface area contributed by atoms with Crippen LogP contribution in [0.5, 0.6) is 0 Å². The molecule has 0 radical (unpaired) electrons. The molecular weight excluding hydrogens is 310 g/mol. The normalized spacial score (nSPS) is 11.1. The van der Waals surface area contributed by atoms with Crippen molar-refractivity contribution in [1.29, 1.82) is 0 Å². The number of non-ortho nitro benzene ring substituents is 1. The van der Waals surface area contributed by atoms with Gasteiger partial charge in [-0.2, -0.15) is 5.10 Å². The van der Waals surface area contributed by atoms with Crippen molar-refractivity contribution < 1.29 is 13.3 Å². The Bertz CT molecular complexity index is 752. The third-order valence-corrected chi connectivity index (χ3v) is 3.93. The second-order valence-electron chi connectivity index (χ2n) is 3.44. The molecule has 2 aromatic rings. The minimum Gasteiger partial charge on any atom is -0.258 e. The van der Waals surface area contributed by atoms with Gasteiger partial charge in [0.05, 0.1) is 22.3 Å². The van der Waals surface area contributed by atoms with Gasteiger partial charge in [0.2, 0.25) is 0 Å². The van der Waals surface area contributed by atoms with E-state index in [9.17, 15) is 18.5 Å². The maximum Gasteiger partial charge on any atom is 0.270 e. The van der Waals surface area contributed by atoms with Crippen LogP contribution in [-0.4, -0.2) is 28.5 Å². The van der Waals surface area contributed by atoms with Crippen molar-refractivity contribution in [2.45, 2.75) is 4.90 Å². The molecule has 0 spiro atoms. The van der Waals surface area contributed by atoms with Crippen LogP contribution < -0.4 is 4.72 Å². The van der Waals surface area contributed by atoms with Crippen LogP contribution in [0.2, 0.25) is 5.02 Å². The van der Waals surface area contributed by atoms with E-state index in [-0.39, 0.29) is 11.0 Å². The molecular formula is C9H6ClN5O4S. The van der Waals surface area contributed by atoms with Crippen molar-refractivity contribution in [3.05, 3.63) is 45.7 Å². The molecule has 0 saturated carbocycles. The highest BCUT2D eigenvalue weighted by atomic mass is 35.5. The standard InChI is InChI=1S/C9H6ClN5O4S/c10-7-2-1-6(15(16)17)5-8(7)20(18,19)14-9-11-3-4-12-13-9/h1-5H,(H,11,13,14). The van der Waals surface area contributed by atoms with Crippen molar-refractivity contribution in [2.75, 3.05) is 4.72 Å². The number of nitrogens with zero attached hydrogens (tertiary/aromatic N) is 4. The zero-order valence-corrected chi connectivity index (χ0v) is 11.2. The van der Waals surface area contributed by atoms with E-state index in [0.29, 0.717) is 0 Å². The predicted octanol–water partition coefficient (Wildman–Crippen LogP) is 1.23. The number of benzene rings is 1. The number of aromatic nitrogens is 3. The Morgan fingerprint density at radius 1 is 1.30 bits per heavy atom. The van der Waals surface area contributed by atoms with E-state index in [2.05, 4.69) is 15.2 Å². The summed E-state index contributed by atoms with van der Waals surface area (Å²) in [5, 5.41) is 17.4. The first-order chi connectivity index (χ1) is 9.40. The molecule has 11 heteroatoms. The van der Waals surface area contributed by atoms with Crippen LogP contribution in [0.4, 0.5) is 11.6 Å². The zero-order valence-electron chi connectivity index (χ0n) is 9.59. The highest BCUT2D eigenvalue weighted by Gasteiger charge is 2.22. The summed E-state index contributed by atoms with van der Waals surface area (Å²) in [7, 11) is -4.15. The van der Waals surface area contributed by atoms with E-state index in [1.807, 2.05) is 4.72 Å². The lowest BCUT2D eigenvalue weighted by Gasteiger charge is -2.07. The summed E-state index contributed by atoms with van der Waals surface area (Å²) in [4.78, 5) is 13.1. The van der Waals surface area contributed by atoms with Crippen LogP contribution >= 0.6 is 11.6 Å². The van der Waals surface area contributed by atoms with Gasteiger partial charge < -0.3 is 0 Å². The molecule has 0 fully saturated rings. The summed E-state index contributed by atoms with van der Waals surface area (Å²) >= 11 is 5.75. The van der Waals surface area contributed by atoms with Crippen LogP contribution in [0.1, 0.15) is 0 Å². The fraction of sp³-hybridized carbons (Fsp3) is 0. The van der Waals surface area contributed by atoms with E-state index >= 15 is 0 Å². The van der Waals surface area contributed by atoms with E-state index in [1.165, 1.54) is 12.4 Å². The van der Waals surface area contributed by atoms with E-state index < -0.39 is 25.5 Å². The van der Waals surface area contributed by atoms with Gasteiger partial charge in [-0.05, 0) is 6.07 Å². The molecule has 0 saturated heterocycles. The summed E-state index contributed by atoms with van der Waals surface area (Å²) in [6.07, 6.45) is 2.50. The maximum atomic E-state index is 12.1. The summed E-state index contributed by atoms with van der Waals surface area (Å²) in [6, 6.07) is 3.07. The summed E-state index contributed by atoms with van der Waals surface area (Å²) in [6.45, 7) is 0. The van der Waals surface area contributed by atoms with E-state index in [4.69, 9.17) is 11.6 Å². The molecule has 20 heavy (non-hydrogen) atoms. The van der Waals surface area contributed by atoms with E-state index in [0.717, 1.165) is 18.2 Å². The molecule has 104 valence electrons. The SMILES string of the molecule is O=[N+]([O-])c1ccc(Cl)c(S(=O)(=O)Nc2nccnn2)c1. The molecule has 9 nitrogen and oxygen atoms in total. The molecule has 1 aromatic heterocycles. The summed E-state index contributed by atoms with van der Waals surface area (Å²) < 4.78 is 26.2. The first-order valence-electron chi connectivity index (χ1n) is 5.00. The lowest BCUT2D eigenvalue weighted by atomic mass is 10.3. The molecule has 1 aromatic carbocycles. The van der Waals surface area contributed by atoms with Crippen molar-refractivity contribution in [2.24, 2.45) is 0 Å². The Morgan fingerprint density at radius 3 is 2.65 bits per heavy atom. The van der Waals surface area contributed by atoms with Gasteiger partial charge in [-0.3, -0.25) is 10.1 Å². The molecule has 0 aliphatic heterocycles. The Kier molecular flexibility index (Phi) is 3.77. The molecule has 2 rings (SSSR count). The van der Waals surface area contributed by atoms with Gasteiger partial charge in [0.1, 0.15) is 4.90 Å². The molecule has 1 heterocycles. The summed E-state index contributed by atoms with van der Waals surface area (Å²) in [5.41, 5.74) is -0.401. The van der Waals surface area contributed by atoms with Gasteiger partial charge in [0.15, 0.2) is 0 Å². The van der Waals surface area contributed by atoms with Crippen molar-refractivity contribution in [3.63, 3.8) is 0 Å². The molecule has 0 atom stereocenters. The quantitative estimate of drug-likeness (QED) is 0.663. The topological polar surface area (TPSA) is 128 Å². The third kappa shape index (κ3) is 2.97. The number of nitro benzene ring substituents is 1. The van der Waals surface area contributed by atoms with Gasteiger partial charge in [0.25, 0.3) is 21.7 Å². The highest BCUT2D eigenvalue weighted by Crippen LogP contribution is 2.27. The van der Waals surface area contributed by atoms with Crippen LogP contribution in [0.15, 0.2) is 35.5 Å². The number of rotatable bonds is 4. The smallest absolute Gasteiger partial charge is 0.258 e. The number of nitrogens with one attached hydrogen (secondary N) is 1. The first kappa shape index (κ1) is 14.1. The predicted molar refractivity (Wildman–Crippen MR) is 68.7 cm³/mol. The molecule has 0 bridgehead atoms. The molecule has 1 N–H and O–H groups in total. The highest BCUT2D eigenvalue weighted by molar-refractivity contribution is 7.92. The Balaban J connectivity index is 2.44. The van der Waals surface area contributed by atoms with Gasteiger partial charge in [-0.1, -0.05) is 11.6 Å². The average Bonchev–Trinajstić information content (AvgIpc) is 2.39.